The van der Waals surface area contributed by atoms with Gasteiger partial charge in [0.25, 0.3) is 0 Å². The van der Waals surface area contributed by atoms with E-state index in [1.165, 1.54) is 0 Å². The fourth-order valence-electron chi connectivity index (χ4n) is 2.49. The highest BCUT2D eigenvalue weighted by Crippen LogP contribution is 2.23. The van der Waals surface area contributed by atoms with E-state index in [4.69, 9.17) is 0 Å². The van der Waals surface area contributed by atoms with Gasteiger partial charge in [-0.05, 0) is 36.4 Å². The molecular weight excluding hydrogens is 324 g/mol. The lowest BCUT2D eigenvalue weighted by Gasteiger charge is -2.10. The second-order valence-corrected chi connectivity index (χ2v) is 5.59. The number of hydrogen-bond donors (Lipinski definition) is 1. The zero-order valence-electron chi connectivity index (χ0n) is 13.9. The van der Waals surface area contributed by atoms with Gasteiger partial charge in [-0.15, -0.1) is 0 Å². The normalized spacial score (nSPS) is 10.5. The van der Waals surface area contributed by atoms with Gasteiger partial charge in [0.15, 0.2) is 5.82 Å². The smallest absolute Gasteiger partial charge is 0.180 e. The maximum absolute atomic E-state index is 4.66. The molecule has 0 spiro atoms. The molecule has 126 valence electrons. The molecule has 0 radical (unpaired) electrons. The molecule has 6 nitrogen and oxygen atoms in total. The van der Waals surface area contributed by atoms with Crippen LogP contribution in [0, 0.1) is 0 Å². The van der Waals surface area contributed by atoms with Gasteiger partial charge < -0.3 is 5.32 Å². The van der Waals surface area contributed by atoms with Crippen LogP contribution in [0.5, 0.6) is 0 Å². The fraction of sp³-hybridized carbons (Fsp3) is 0.0500. The van der Waals surface area contributed by atoms with Gasteiger partial charge in [0, 0.05) is 36.4 Å². The van der Waals surface area contributed by atoms with Crippen LogP contribution in [0.2, 0.25) is 0 Å². The van der Waals surface area contributed by atoms with Crippen molar-refractivity contribution in [2.75, 3.05) is 5.32 Å². The van der Waals surface area contributed by atoms with Crippen LogP contribution in [-0.2, 0) is 6.54 Å². The highest BCUT2D eigenvalue weighted by atomic mass is 15.0. The van der Waals surface area contributed by atoms with E-state index in [9.17, 15) is 0 Å². The van der Waals surface area contributed by atoms with Crippen LogP contribution in [0.3, 0.4) is 0 Å². The fourth-order valence-corrected chi connectivity index (χ4v) is 2.49. The summed E-state index contributed by atoms with van der Waals surface area (Å²) in [5.74, 6) is 1.28. The van der Waals surface area contributed by atoms with Crippen molar-refractivity contribution in [1.29, 1.82) is 0 Å². The molecule has 0 aliphatic rings. The molecule has 0 bridgehead atoms. The number of aromatic nitrogens is 5. The Hall–Kier alpha value is -3.67. The topological polar surface area (TPSA) is 76.5 Å². The summed E-state index contributed by atoms with van der Waals surface area (Å²) in [4.78, 5) is 22.1. The van der Waals surface area contributed by atoms with E-state index >= 15 is 0 Å². The molecule has 0 aromatic carbocycles. The van der Waals surface area contributed by atoms with Crippen molar-refractivity contribution in [3.63, 3.8) is 0 Å². The lowest BCUT2D eigenvalue weighted by molar-refractivity contribution is 1.02. The minimum Gasteiger partial charge on any atom is -0.364 e. The van der Waals surface area contributed by atoms with Crippen LogP contribution >= 0.6 is 0 Å². The SMILES string of the molecule is c1ccc(CNc2cc(-c3cccnc3)nc(-c3ccccn3)n2)nc1. The zero-order chi connectivity index (χ0) is 17.6. The van der Waals surface area contributed by atoms with Crippen LogP contribution in [0.25, 0.3) is 22.8 Å². The Morgan fingerprint density at radius 2 is 1.65 bits per heavy atom. The summed E-state index contributed by atoms with van der Waals surface area (Å²) < 4.78 is 0. The minimum absolute atomic E-state index is 0.565. The predicted molar refractivity (Wildman–Crippen MR) is 100 cm³/mol. The summed E-state index contributed by atoms with van der Waals surface area (Å²) in [5.41, 5.74) is 3.37. The zero-order valence-corrected chi connectivity index (χ0v) is 13.9. The molecule has 0 saturated heterocycles. The Bertz CT molecular complexity index is 917. The highest BCUT2D eigenvalue weighted by molar-refractivity contribution is 5.65. The summed E-state index contributed by atoms with van der Waals surface area (Å²) in [6.07, 6.45) is 7.03. The van der Waals surface area contributed by atoms with E-state index < -0.39 is 0 Å². The standard InChI is InChI=1S/C20H16N6/c1-3-10-22-16(7-1)14-24-19-12-18(15-6-5-9-21-13-15)25-20(26-19)17-8-2-4-11-23-17/h1-13H,14H2,(H,24,25,26). The summed E-state index contributed by atoms with van der Waals surface area (Å²) in [7, 11) is 0. The number of pyridine rings is 3. The molecule has 0 fully saturated rings. The number of anilines is 1. The molecule has 0 amide bonds. The second kappa shape index (κ2) is 7.48. The predicted octanol–water partition coefficient (Wildman–Crippen LogP) is 3.61. The lowest BCUT2D eigenvalue weighted by atomic mass is 10.2. The summed E-state index contributed by atoms with van der Waals surface area (Å²) in [5, 5.41) is 3.32. The lowest BCUT2D eigenvalue weighted by Crippen LogP contribution is -2.05. The number of rotatable bonds is 5. The molecule has 6 heteroatoms. The molecule has 0 atom stereocenters. The van der Waals surface area contributed by atoms with E-state index in [2.05, 4.69) is 30.2 Å². The first-order chi connectivity index (χ1) is 12.9. The third kappa shape index (κ3) is 3.70. The molecule has 0 aliphatic carbocycles. The van der Waals surface area contributed by atoms with Crippen molar-refractivity contribution >= 4 is 5.82 Å². The molecule has 4 rings (SSSR count). The largest absolute Gasteiger partial charge is 0.364 e. The quantitative estimate of drug-likeness (QED) is 0.598. The molecule has 4 aromatic rings. The van der Waals surface area contributed by atoms with Gasteiger partial charge in [0.05, 0.1) is 17.9 Å². The average molecular weight is 340 g/mol. The van der Waals surface area contributed by atoms with E-state index in [0.29, 0.717) is 18.2 Å². The Labute approximate surface area is 151 Å². The Balaban J connectivity index is 1.70. The number of nitrogens with zero attached hydrogens (tertiary/aromatic N) is 5. The first kappa shape index (κ1) is 15.8. The molecule has 0 unspecified atom stereocenters. The molecule has 0 saturated carbocycles. The monoisotopic (exact) mass is 340 g/mol. The van der Waals surface area contributed by atoms with E-state index in [-0.39, 0.29) is 0 Å². The van der Waals surface area contributed by atoms with Gasteiger partial charge in [-0.3, -0.25) is 15.0 Å². The third-order valence-corrected chi connectivity index (χ3v) is 3.75. The molecule has 4 heterocycles. The van der Waals surface area contributed by atoms with Crippen LogP contribution in [0.4, 0.5) is 5.82 Å². The third-order valence-electron chi connectivity index (χ3n) is 3.75. The van der Waals surface area contributed by atoms with E-state index in [0.717, 1.165) is 22.6 Å². The van der Waals surface area contributed by atoms with Crippen molar-refractivity contribution in [3.05, 3.63) is 85.1 Å². The first-order valence-corrected chi connectivity index (χ1v) is 8.23. The van der Waals surface area contributed by atoms with Crippen molar-refractivity contribution in [2.24, 2.45) is 0 Å². The van der Waals surface area contributed by atoms with Gasteiger partial charge in [0.2, 0.25) is 0 Å². The summed E-state index contributed by atoms with van der Waals surface area (Å²) in [6, 6.07) is 17.3. The van der Waals surface area contributed by atoms with Gasteiger partial charge in [0.1, 0.15) is 11.5 Å². The second-order valence-electron chi connectivity index (χ2n) is 5.59. The van der Waals surface area contributed by atoms with Crippen molar-refractivity contribution < 1.29 is 0 Å². The van der Waals surface area contributed by atoms with E-state index in [1.54, 1.807) is 24.8 Å². The maximum atomic E-state index is 4.66. The molecular formula is C20H16N6. The van der Waals surface area contributed by atoms with Gasteiger partial charge in [-0.1, -0.05) is 12.1 Å². The number of nitrogens with one attached hydrogen (secondary N) is 1. The van der Waals surface area contributed by atoms with E-state index in [1.807, 2.05) is 54.6 Å². The maximum Gasteiger partial charge on any atom is 0.180 e. The van der Waals surface area contributed by atoms with Crippen LogP contribution in [0.15, 0.2) is 79.4 Å². The molecule has 26 heavy (non-hydrogen) atoms. The van der Waals surface area contributed by atoms with Crippen molar-refractivity contribution in [1.82, 2.24) is 24.9 Å². The highest BCUT2D eigenvalue weighted by Gasteiger charge is 2.10. The van der Waals surface area contributed by atoms with Gasteiger partial charge in [-0.25, -0.2) is 9.97 Å². The summed E-state index contributed by atoms with van der Waals surface area (Å²) in [6.45, 7) is 0.575. The Morgan fingerprint density at radius 3 is 2.38 bits per heavy atom. The van der Waals surface area contributed by atoms with Crippen molar-refractivity contribution in [3.8, 4) is 22.8 Å². The van der Waals surface area contributed by atoms with Crippen LogP contribution < -0.4 is 5.32 Å². The van der Waals surface area contributed by atoms with Gasteiger partial charge >= 0.3 is 0 Å². The minimum atomic E-state index is 0.565. The molecule has 0 aliphatic heterocycles. The summed E-state index contributed by atoms with van der Waals surface area (Å²) >= 11 is 0. The van der Waals surface area contributed by atoms with Gasteiger partial charge in [-0.2, -0.15) is 0 Å². The Morgan fingerprint density at radius 1 is 0.769 bits per heavy atom. The number of hydrogen-bond acceptors (Lipinski definition) is 6. The van der Waals surface area contributed by atoms with Crippen LogP contribution in [0.1, 0.15) is 5.69 Å². The van der Waals surface area contributed by atoms with Crippen molar-refractivity contribution in [2.45, 2.75) is 6.54 Å². The van der Waals surface area contributed by atoms with Crippen LogP contribution in [-0.4, -0.2) is 24.9 Å². The molecule has 1 N–H and O–H groups in total. The Kier molecular flexibility index (Phi) is 4.56. The molecule has 4 aromatic heterocycles. The average Bonchev–Trinajstić information content (AvgIpc) is 2.74. The first-order valence-electron chi connectivity index (χ1n) is 8.23.